The minimum absolute atomic E-state index is 0.220. The molecular weight excluding hydrogens is 226 g/mol. The molecular formula is C10H17N3O4. The summed E-state index contributed by atoms with van der Waals surface area (Å²) in [7, 11) is 0. The molecule has 0 atom stereocenters. The molecule has 0 bridgehead atoms. The molecule has 0 aromatic carbocycles. The van der Waals surface area contributed by atoms with E-state index in [0.717, 1.165) is 12.3 Å². The van der Waals surface area contributed by atoms with Gasteiger partial charge in [-0.1, -0.05) is 12.8 Å². The largest absolute Gasteiger partial charge is 0.480 e. The SMILES string of the molecule is O=C(O)CNC(=O)CNC(=O)NCCC1CC1. The molecule has 1 saturated carbocycles. The molecule has 0 spiro atoms. The summed E-state index contributed by atoms with van der Waals surface area (Å²) in [6.45, 7) is -0.0560. The monoisotopic (exact) mass is 243 g/mol. The highest BCUT2D eigenvalue weighted by atomic mass is 16.4. The van der Waals surface area contributed by atoms with Crippen molar-refractivity contribution in [1.82, 2.24) is 16.0 Å². The molecule has 7 nitrogen and oxygen atoms in total. The van der Waals surface area contributed by atoms with Crippen LogP contribution >= 0.6 is 0 Å². The van der Waals surface area contributed by atoms with Crippen LogP contribution in [-0.4, -0.2) is 42.6 Å². The third kappa shape index (κ3) is 7.15. The van der Waals surface area contributed by atoms with E-state index in [-0.39, 0.29) is 6.54 Å². The molecule has 96 valence electrons. The van der Waals surface area contributed by atoms with Gasteiger partial charge < -0.3 is 21.1 Å². The van der Waals surface area contributed by atoms with Gasteiger partial charge in [0.25, 0.3) is 0 Å². The van der Waals surface area contributed by atoms with Gasteiger partial charge in [0.2, 0.25) is 5.91 Å². The van der Waals surface area contributed by atoms with E-state index in [4.69, 9.17) is 5.11 Å². The Bertz CT molecular complexity index is 302. The molecule has 1 aliphatic carbocycles. The maximum Gasteiger partial charge on any atom is 0.322 e. The van der Waals surface area contributed by atoms with Crippen molar-refractivity contribution in [3.8, 4) is 0 Å². The summed E-state index contributed by atoms with van der Waals surface area (Å²) in [6, 6.07) is -0.406. The Morgan fingerprint density at radius 2 is 1.76 bits per heavy atom. The quantitative estimate of drug-likeness (QED) is 0.473. The average Bonchev–Trinajstić information content (AvgIpc) is 3.07. The lowest BCUT2D eigenvalue weighted by atomic mass is 10.3. The number of urea groups is 1. The second-order valence-electron chi connectivity index (χ2n) is 4.01. The van der Waals surface area contributed by atoms with Crippen molar-refractivity contribution in [1.29, 1.82) is 0 Å². The topological polar surface area (TPSA) is 108 Å². The van der Waals surface area contributed by atoms with Crippen LogP contribution in [0.1, 0.15) is 19.3 Å². The van der Waals surface area contributed by atoms with Crippen molar-refractivity contribution >= 4 is 17.9 Å². The number of carboxylic acids is 1. The third-order valence-electron chi connectivity index (χ3n) is 2.38. The first-order valence-corrected chi connectivity index (χ1v) is 5.58. The van der Waals surface area contributed by atoms with Crippen LogP contribution in [0.25, 0.3) is 0 Å². The van der Waals surface area contributed by atoms with Crippen LogP contribution in [0, 0.1) is 5.92 Å². The average molecular weight is 243 g/mol. The fraction of sp³-hybridized carbons (Fsp3) is 0.700. The van der Waals surface area contributed by atoms with Gasteiger partial charge in [0.05, 0.1) is 6.54 Å². The number of nitrogens with one attached hydrogen (secondary N) is 3. The van der Waals surface area contributed by atoms with Crippen molar-refractivity contribution in [3.63, 3.8) is 0 Å². The molecule has 4 N–H and O–H groups in total. The first kappa shape index (κ1) is 13.3. The van der Waals surface area contributed by atoms with Gasteiger partial charge >= 0.3 is 12.0 Å². The second-order valence-corrected chi connectivity index (χ2v) is 4.01. The Hall–Kier alpha value is -1.79. The lowest BCUT2D eigenvalue weighted by Gasteiger charge is -2.07. The van der Waals surface area contributed by atoms with E-state index in [0.29, 0.717) is 6.54 Å². The lowest BCUT2D eigenvalue weighted by molar-refractivity contribution is -0.137. The number of hydrogen-bond acceptors (Lipinski definition) is 3. The number of amides is 3. The maximum atomic E-state index is 11.2. The first-order valence-electron chi connectivity index (χ1n) is 5.58. The van der Waals surface area contributed by atoms with E-state index < -0.39 is 24.5 Å². The molecule has 0 aromatic heterocycles. The van der Waals surface area contributed by atoms with Crippen LogP contribution in [0.5, 0.6) is 0 Å². The van der Waals surface area contributed by atoms with Gasteiger partial charge in [-0.25, -0.2) is 4.79 Å². The molecule has 0 saturated heterocycles. The smallest absolute Gasteiger partial charge is 0.322 e. The molecule has 0 aromatic rings. The van der Waals surface area contributed by atoms with E-state index in [2.05, 4.69) is 16.0 Å². The predicted octanol–water partition coefficient (Wildman–Crippen LogP) is -0.714. The summed E-state index contributed by atoms with van der Waals surface area (Å²) in [4.78, 5) is 32.3. The van der Waals surface area contributed by atoms with Gasteiger partial charge in [-0.3, -0.25) is 9.59 Å². The first-order chi connectivity index (χ1) is 8.08. The molecule has 0 heterocycles. The second kappa shape index (κ2) is 6.72. The molecule has 0 aliphatic heterocycles. The highest BCUT2D eigenvalue weighted by Gasteiger charge is 2.20. The third-order valence-corrected chi connectivity index (χ3v) is 2.38. The van der Waals surface area contributed by atoms with Crippen LogP contribution in [0.2, 0.25) is 0 Å². The van der Waals surface area contributed by atoms with E-state index in [1.165, 1.54) is 12.8 Å². The van der Waals surface area contributed by atoms with E-state index in [1.54, 1.807) is 0 Å². The number of carbonyl (C=O) groups is 3. The zero-order chi connectivity index (χ0) is 12.7. The minimum atomic E-state index is -1.12. The number of aliphatic carboxylic acids is 1. The molecule has 0 unspecified atom stereocenters. The molecule has 0 radical (unpaired) electrons. The Balaban J connectivity index is 1.97. The maximum absolute atomic E-state index is 11.2. The summed E-state index contributed by atoms with van der Waals surface area (Å²) in [5, 5.41) is 15.4. The van der Waals surface area contributed by atoms with Gasteiger partial charge in [0, 0.05) is 6.54 Å². The highest BCUT2D eigenvalue weighted by molar-refractivity contribution is 5.86. The van der Waals surface area contributed by atoms with Crippen LogP contribution in [0.3, 0.4) is 0 Å². The van der Waals surface area contributed by atoms with Crippen molar-refractivity contribution in [3.05, 3.63) is 0 Å². The van der Waals surface area contributed by atoms with Gasteiger partial charge in [0.15, 0.2) is 0 Å². The van der Waals surface area contributed by atoms with Crippen molar-refractivity contribution in [2.75, 3.05) is 19.6 Å². The fourth-order valence-electron chi connectivity index (χ4n) is 1.26. The number of carbonyl (C=O) groups excluding carboxylic acids is 2. The Morgan fingerprint density at radius 1 is 1.06 bits per heavy atom. The van der Waals surface area contributed by atoms with Gasteiger partial charge in [-0.2, -0.15) is 0 Å². The fourth-order valence-corrected chi connectivity index (χ4v) is 1.26. The Morgan fingerprint density at radius 3 is 2.35 bits per heavy atom. The summed E-state index contributed by atoms with van der Waals surface area (Å²) >= 11 is 0. The molecule has 17 heavy (non-hydrogen) atoms. The van der Waals surface area contributed by atoms with E-state index in [1.807, 2.05) is 0 Å². The summed E-state index contributed by atoms with van der Waals surface area (Å²) in [5.74, 6) is -0.897. The molecule has 1 rings (SSSR count). The number of rotatable bonds is 7. The van der Waals surface area contributed by atoms with Crippen LogP contribution < -0.4 is 16.0 Å². The van der Waals surface area contributed by atoms with E-state index >= 15 is 0 Å². The summed E-state index contributed by atoms with van der Waals surface area (Å²) < 4.78 is 0. The van der Waals surface area contributed by atoms with Gasteiger partial charge in [0.1, 0.15) is 6.54 Å². The lowest BCUT2D eigenvalue weighted by Crippen LogP contribution is -2.43. The summed E-state index contributed by atoms with van der Waals surface area (Å²) in [6.07, 6.45) is 3.44. The minimum Gasteiger partial charge on any atom is -0.480 e. The zero-order valence-corrected chi connectivity index (χ0v) is 9.49. The van der Waals surface area contributed by atoms with Crippen LogP contribution in [0.4, 0.5) is 4.79 Å². The normalized spacial score (nSPS) is 13.9. The van der Waals surface area contributed by atoms with Crippen LogP contribution in [-0.2, 0) is 9.59 Å². The van der Waals surface area contributed by atoms with Gasteiger partial charge in [-0.15, -0.1) is 0 Å². The van der Waals surface area contributed by atoms with E-state index in [9.17, 15) is 14.4 Å². The van der Waals surface area contributed by atoms with Crippen molar-refractivity contribution in [2.45, 2.75) is 19.3 Å². The molecule has 7 heteroatoms. The zero-order valence-electron chi connectivity index (χ0n) is 9.49. The van der Waals surface area contributed by atoms with Crippen molar-refractivity contribution in [2.24, 2.45) is 5.92 Å². The predicted molar refractivity (Wildman–Crippen MR) is 59.4 cm³/mol. The Labute approximate surface area is 98.9 Å². The van der Waals surface area contributed by atoms with Crippen molar-refractivity contribution < 1.29 is 19.5 Å². The van der Waals surface area contributed by atoms with Crippen LogP contribution in [0.15, 0.2) is 0 Å². The van der Waals surface area contributed by atoms with Gasteiger partial charge in [-0.05, 0) is 12.3 Å². The highest BCUT2D eigenvalue weighted by Crippen LogP contribution is 2.31. The number of carboxylic acid groups (broad SMARTS) is 1. The summed E-state index contributed by atoms with van der Waals surface area (Å²) in [5.41, 5.74) is 0. The standard InChI is InChI=1S/C10H17N3O4/c14-8(12-6-9(15)16)5-13-10(17)11-4-3-7-1-2-7/h7H,1-6H2,(H,12,14)(H,15,16)(H2,11,13,17). The number of hydrogen-bond donors (Lipinski definition) is 4. The molecule has 1 aliphatic rings. The Kier molecular flexibility index (Phi) is 5.25. The molecule has 3 amide bonds. The molecule has 1 fully saturated rings.